The molecule has 3 aliphatic heterocycles. The highest BCUT2D eigenvalue weighted by atomic mass is 16.8. The first-order valence-electron chi connectivity index (χ1n) is 16.1. The van der Waals surface area contributed by atoms with E-state index in [4.69, 9.17) is 34.2 Å². The number of nitrogens with two attached hydrogens (primary N) is 1. The summed E-state index contributed by atoms with van der Waals surface area (Å²) >= 11 is 0. The molecular formula is C28H47N3O22. The fraction of sp³-hybridized carbons (Fsp3) is 0.857. The first-order chi connectivity index (χ1) is 24.8. The summed E-state index contributed by atoms with van der Waals surface area (Å²) in [7, 11) is 0. The number of ether oxygens (including phenoxy) is 6. The molecule has 53 heavy (non-hydrogen) atoms. The van der Waals surface area contributed by atoms with Crippen molar-refractivity contribution in [1.82, 2.24) is 10.6 Å². The van der Waals surface area contributed by atoms with Crippen LogP contribution in [0.5, 0.6) is 0 Å². The fourth-order valence-corrected chi connectivity index (χ4v) is 5.94. The molecule has 2 amide bonds. The molecule has 19 atom stereocenters. The number of carboxylic acid groups (broad SMARTS) is 2. The Hall–Kier alpha value is -2.80. The summed E-state index contributed by atoms with van der Waals surface area (Å²) < 4.78 is 32.9. The molecule has 0 bridgehead atoms. The molecule has 8 unspecified atom stereocenters. The topological polar surface area (TPSA) is 416 Å². The van der Waals surface area contributed by atoms with Crippen LogP contribution in [0.4, 0.5) is 0 Å². The number of aliphatic carboxylic acids is 2. The van der Waals surface area contributed by atoms with E-state index < -0.39 is 160 Å². The lowest BCUT2D eigenvalue weighted by Crippen LogP contribution is -2.70. The van der Waals surface area contributed by atoms with E-state index in [9.17, 15) is 80.5 Å². The van der Waals surface area contributed by atoms with Crippen molar-refractivity contribution in [3.05, 3.63) is 0 Å². The van der Waals surface area contributed by atoms with Crippen molar-refractivity contribution in [2.75, 3.05) is 19.8 Å². The fourth-order valence-electron chi connectivity index (χ4n) is 5.94. The number of hydrogen-bond donors (Lipinski definition) is 15. The van der Waals surface area contributed by atoms with Gasteiger partial charge in [-0.1, -0.05) is 0 Å². The Kier molecular flexibility index (Phi) is 16.1. The van der Waals surface area contributed by atoms with Crippen LogP contribution in [0.25, 0.3) is 0 Å². The Bertz CT molecular complexity index is 1250. The molecule has 306 valence electrons. The van der Waals surface area contributed by atoms with E-state index in [-0.39, 0.29) is 0 Å². The van der Waals surface area contributed by atoms with Crippen LogP contribution in [-0.2, 0) is 47.6 Å². The van der Waals surface area contributed by atoms with E-state index in [1.807, 2.05) is 0 Å². The summed E-state index contributed by atoms with van der Waals surface area (Å²) in [6.07, 6.45) is -35.4. The van der Waals surface area contributed by atoms with Gasteiger partial charge in [0, 0.05) is 20.4 Å². The van der Waals surface area contributed by atoms with Crippen molar-refractivity contribution in [3.8, 4) is 0 Å². The van der Waals surface area contributed by atoms with E-state index in [1.54, 1.807) is 0 Å². The molecule has 0 aromatic carbocycles. The number of carbonyl (C=O) groups is 4. The van der Waals surface area contributed by atoms with Crippen molar-refractivity contribution in [2.24, 2.45) is 5.73 Å². The second-order valence-electron chi connectivity index (χ2n) is 12.5. The van der Waals surface area contributed by atoms with Gasteiger partial charge in [-0.15, -0.1) is 0 Å². The monoisotopic (exact) mass is 777 g/mol. The molecule has 25 nitrogen and oxygen atoms in total. The third-order valence-corrected chi connectivity index (χ3v) is 8.66. The maximum Gasteiger partial charge on any atom is 0.335 e. The molecule has 0 aromatic rings. The Balaban J connectivity index is 1.96. The summed E-state index contributed by atoms with van der Waals surface area (Å²) in [5.74, 6) is -5.24. The maximum absolute atomic E-state index is 12.4. The summed E-state index contributed by atoms with van der Waals surface area (Å²) in [5, 5.41) is 128. The third kappa shape index (κ3) is 10.3. The zero-order valence-corrected chi connectivity index (χ0v) is 28.1. The lowest BCUT2D eigenvalue weighted by molar-refractivity contribution is -0.364. The number of nitrogens with one attached hydrogen (secondary N) is 2. The van der Waals surface area contributed by atoms with Crippen molar-refractivity contribution < 1.29 is 109 Å². The van der Waals surface area contributed by atoms with Gasteiger partial charge in [0.1, 0.15) is 79.3 Å². The zero-order valence-electron chi connectivity index (χ0n) is 28.1. The Morgan fingerprint density at radius 2 is 1.28 bits per heavy atom. The first kappa shape index (κ1) is 44.6. The van der Waals surface area contributed by atoms with Gasteiger partial charge in [0.15, 0.2) is 31.1 Å². The predicted molar refractivity (Wildman–Crippen MR) is 162 cm³/mol. The van der Waals surface area contributed by atoms with Crippen molar-refractivity contribution in [2.45, 2.75) is 130 Å². The Morgan fingerprint density at radius 1 is 0.717 bits per heavy atom. The molecule has 25 heteroatoms. The minimum Gasteiger partial charge on any atom is -0.479 e. The molecule has 3 rings (SSSR count). The van der Waals surface area contributed by atoms with Gasteiger partial charge in [0.05, 0.1) is 19.3 Å². The number of carboxylic acids is 2. The summed E-state index contributed by atoms with van der Waals surface area (Å²) in [6.45, 7) is -0.491. The van der Waals surface area contributed by atoms with Crippen molar-refractivity contribution in [1.29, 1.82) is 0 Å². The molecule has 0 spiro atoms. The van der Waals surface area contributed by atoms with Crippen LogP contribution in [0.3, 0.4) is 0 Å². The standard InChI is InChI=1S/C28H47N3O22/c1-6(34)30-8(3-29)19(12(37)9(36)4-32)49-28-18(43)16(41)21(23(53-28)25(46)47)51-26-11(31-7(2)35)20(13(38)10(5-33)48-26)50-27-17(42)14(39)15(40)22(52-27)24(44)45/h8-23,26-28,32-33,36-43H,3-5,29H2,1-2H3,(H,30,34)(H,31,35)(H,44,45)(H,46,47)/t8?,9?,10?,11?,12-,13-,14-,15+,16+,17?,18?,19+,20+,21+,22?,23?,26-,27+,28+/m0/s1. The number of carbonyl (C=O) groups excluding carboxylic acids is 2. The molecule has 3 heterocycles. The van der Waals surface area contributed by atoms with Gasteiger partial charge >= 0.3 is 11.9 Å². The molecule has 3 fully saturated rings. The summed E-state index contributed by atoms with van der Waals surface area (Å²) in [4.78, 5) is 48.1. The molecule has 0 aromatic heterocycles. The number of rotatable bonds is 16. The van der Waals surface area contributed by atoms with Crippen LogP contribution in [0, 0.1) is 0 Å². The minimum absolute atomic E-state index is 0.469. The predicted octanol–water partition coefficient (Wildman–Crippen LogP) is -9.67. The highest BCUT2D eigenvalue weighted by Gasteiger charge is 2.56. The van der Waals surface area contributed by atoms with Gasteiger partial charge in [0.25, 0.3) is 0 Å². The van der Waals surface area contributed by atoms with Crippen LogP contribution < -0.4 is 16.4 Å². The first-order valence-corrected chi connectivity index (χ1v) is 16.1. The molecule has 3 aliphatic rings. The average Bonchev–Trinajstić information content (AvgIpc) is 3.09. The number of amides is 2. The third-order valence-electron chi connectivity index (χ3n) is 8.66. The second-order valence-corrected chi connectivity index (χ2v) is 12.5. The van der Waals surface area contributed by atoms with Gasteiger partial charge in [-0.25, -0.2) is 9.59 Å². The molecule has 3 saturated heterocycles. The van der Waals surface area contributed by atoms with E-state index in [0.29, 0.717) is 0 Å². The van der Waals surface area contributed by atoms with Crippen LogP contribution in [-0.4, -0.2) is 221 Å². The number of aliphatic hydroxyl groups excluding tert-OH is 10. The smallest absolute Gasteiger partial charge is 0.335 e. The molecule has 0 radical (unpaired) electrons. The lowest BCUT2D eigenvalue weighted by Gasteiger charge is -2.49. The van der Waals surface area contributed by atoms with E-state index in [1.165, 1.54) is 0 Å². The quantitative estimate of drug-likeness (QED) is 0.0691. The van der Waals surface area contributed by atoms with Crippen molar-refractivity contribution in [3.63, 3.8) is 0 Å². The van der Waals surface area contributed by atoms with E-state index in [0.717, 1.165) is 13.8 Å². The molecule has 16 N–H and O–H groups in total. The molecule has 0 aliphatic carbocycles. The molecular weight excluding hydrogens is 730 g/mol. The largest absolute Gasteiger partial charge is 0.479 e. The van der Waals surface area contributed by atoms with Crippen LogP contribution in [0.1, 0.15) is 13.8 Å². The minimum atomic E-state index is -2.32. The van der Waals surface area contributed by atoms with Gasteiger partial charge in [-0.3, -0.25) is 9.59 Å². The Labute approximate surface area is 299 Å². The van der Waals surface area contributed by atoms with Crippen LogP contribution in [0.15, 0.2) is 0 Å². The number of hydrogen-bond acceptors (Lipinski definition) is 21. The van der Waals surface area contributed by atoms with Gasteiger partial charge in [-0.2, -0.15) is 0 Å². The Morgan fingerprint density at radius 3 is 1.79 bits per heavy atom. The van der Waals surface area contributed by atoms with Crippen LogP contribution in [0.2, 0.25) is 0 Å². The second kappa shape index (κ2) is 19.2. The SMILES string of the molecule is CC(=O)NC(CN)[C@@H](O[C@@H]1OC(C(=O)O)[C@H](O[C@@H]2OC(CO)[C@H](O)[C@H](O[C@@H]3OC(C(=O)O)[C@H](O)[C@H](O)C3O)C2NC(C)=O)[C@H](O)C1O)[C@@H](O)C(O)CO. The molecule has 0 saturated carbocycles. The van der Waals surface area contributed by atoms with Gasteiger partial charge in [0.2, 0.25) is 11.8 Å². The average molecular weight is 778 g/mol. The van der Waals surface area contributed by atoms with E-state index in [2.05, 4.69) is 10.6 Å². The van der Waals surface area contributed by atoms with Crippen molar-refractivity contribution >= 4 is 23.8 Å². The number of aliphatic hydroxyl groups is 10. The lowest BCUT2D eigenvalue weighted by atomic mass is 9.94. The normalized spacial score (nSPS) is 40.0. The summed E-state index contributed by atoms with van der Waals surface area (Å²) in [6, 6.07) is -3.15. The summed E-state index contributed by atoms with van der Waals surface area (Å²) in [5.41, 5.74) is 5.68. The van der Waals surface area contributed by atoms with Crippen LogP contribution >= 0.6 is 0 Å². The van der Waals surface area contributed by atoms with Gasteiger partial charge < -0.3 is 106 Å². The zero-order chi connectivity index (χ0) is 40.1. The van der Waals surface area contributed by atoms with Gasteiger partial charge in [-0.05, 0) is 0 Å². The highest BCUT2D eigenvalue weighted by Crippen LogP contribution is 2.33. The highest BCUT2D eigenvalue weighted by molar-refractivity contribution is 5.74. The van der Waals surface area contributed by atoms with E-state index >= 15 is 0 Å². The maximum atomic E-state index is 12.4.